The third kappa shape index (κ3) is 5.04. The highest BCUT2D eigenvalue weighted by atomic mass is 16.5. The van der Waals surface area contributed by atoms with E-state index in [9.17, 15) is 4.79 Å². The van der Waals surface area contributed by atoms with Gasteiger partial charge < -0.3 is 19.7 Å². The lowest BCUT2D eigenvalue weighted by Gasteiger charge is -2.38. The molecular formula is C31H36N2O3. The molecule has 5 rings (SSSR count). The Bertz CT molecular complexity index is 1190. The summed E-state index contributed by atoms with van der Waals surface area (Å²) in [6.07, 6.45) is 0.0845. The van der Waals surface area contributed by atoms with Crippen molar-refractivity contribution in [3.8, 4) is 16.9 Å². The van der Waals surface area contributed by atoms with Gasteiger partial charge in [-0.3, -0.25) is 4.79 Å². The lowest BCUT2D eigenvalue weighted by atomic mass is 9.82. The first kappa shape index (κ1) is 24.5. The molecule has 0 aromatic heterocycles. The molecule has 1 amide bonds. The Labute approximate surface area is 214 Å². The summed E-state index contributed by atoms with van der Waals surface area (Å²) in [6, 6.07) is 25.0. The summed E-state index contributed by atoms with van der Waals surface area (Å²) in [4.78, 5) is 16.2. The molecule has 2 heterocycles. The van der Waals surface area contributed by atoms with Gasteiger partial charge in [0.15, 0.2) is 0 Å². The van der Waals surface area contributed by atoms with Crippen LogP contribution in [0.25, 0.3) is 11.1 Å². The van der Waals surface area contributed by atoms with E-state index in [1.165, 1.54) is 22.3 Å². The first-order valence-electron chi connectivity index (χ1n) is 13.0. The first-order chi connectivity index (χ1) is 17.5. The number of hydrogen-bond acceptors (Lipinski definition) is 4. The summed E-state index contributed by atoms with van der Waals surface area (Å²) < 4.78 is 11.9. The monoisotopic (exact) mass is 484 g/mol. The number of ether oxygens (including phenoxy) is 2. The number of carbonyl (C=O) groups excluding carboxylic acids is 1. The Hall–Kier alpha value is -3.15. The minimum absolute atomic E-state index is 0.0554. The molecule has 0 radical (unpaired) electrons. The van der Waals surface area contributed by atoms with Crippen molar-refractivity contribution in [2.24, 2.45) is 5.92 Å². The number of nitrogens with zero attached hydrogens (tertiary/aromatic N) is 1. The van der Waals surface area contributed by atoms with Gasteiger partial charge in [0.05, 0.1) is 31.3 Å². The topological polar surface area (TPSA) is 50.8 Å². The Balaban J connectivity index is 1.51. The maximum Gasteiger partial charge on any atom is 0.228 e. The fourth-order valence-electron chi connectivity index (χ4n) is 5.61. The van der Waals surface area contributed by atoms with Gasteiger partial charge in [0, 0.05) is 25.6 Å². The number of rotatable bonds is 6. The predicted octanol–water partition coefficient (Wildman–Crippen LogP) is 5.35. The van der Waals surface area contributed by atoms with Crippen LogP contribution in [-0.2, 0) is 9.53 Å². The van der Waals surface area contributed by atoms with E-state index in [2.05, 4.69) is 66.8 Å². The van der Waals surface area contributed by atoms with Gasteiger partial charge >= 0.3 is 0 Å². The second-order valence-electron chi connectivity index (χ2n) is 10.1. The minimum atomic E-state index is -0.147. The van der Waals surface area contributed by atoms with Crippen LogP contribution in [0.2, 0.25) is 0 Å². The predicted molar refractivity (Wildman–Crippen MR) is 143 cm³/mol. The maximum atomic E-state index is 14.1. The first-order valence-corrected chi connectivity index (χ1v) is 13.0. The van der Waals surface area contributed by atoms with Crippen molar-refractivity contribution in [1.82, 2.24) is 10.2 Å². The fourth-order valence-corrected chi connectivity index (χ4v) is 5.61. The number of morpholine rings is 1. The highest BCUT2D eigenvalue weighted by molar-refractivity contribution is 5.82. The van der Waals surface area contributed by atoms with Gasteiger partial charge in [0.25, 0.3) is 0 Å². The van der Waals surface area contributed by atoms with Crippen LogP contribution in [0.5, 0.6) is 5.75 Å². The smallest absolute Gasteiger partial charge is 0.228 e. The van der Waals surface area contributed by atoms with E-state index in [1.54, 1.807) is 0 Å². The van der Waals surface area contributed by atoms with Gasteiger partial charge in [-0.2, -0.15) is 0 Å². The molecule has 3 aromatic rings. The molecule has 0 unspecified atom stereocenters. The van der Waals surface area contributed by atoms with Gasteiger partial charge in [-0.15, -0.1) is 0 Å². The van der Waals surface area contributed by atoms with Crippen LogP contribution in [-0.4, -0.2) is 49.8 Å². The van der Waals surface area contributed by atoms with Gasteiger partial charge in [0.2, 0.25) is 5.91 Å². The summed E-state index contributed by atoms with van der Waals surface area (Å²) in [5, 5.41) is 3.53. The SMILES string of the molecule is Cc1ccccc1-c1ccc(OC(C)C)cc1[C@@H]1CNC[C@H]1C(=O)N1CCOC[C@@H]1c1ccccc1. The molecule has 2 aliphatic heterocycles. The van der Waals surface area contributed by atoms with Crippen molar-refractivity contribution in [3.05, 3.63) is 89.5 Å². The summed E-state index contributed by atoms with van der Waals surface area (Å²) >= 11 is 0. The average Bonchev–Trinajstić information content (AvgIpc) is 3.39. The number of nitrogens with one attached hydrogen (secondary N) is 1. The molecule has 36 heavy (non-hydrogen) atoms. The molecule has 1 N–H and O–H groups in total. The molecule has 5 heteroatoms. The molecule has 3 atom stereocenters. The second kappa shape index (κ2) is 10.9. The Morgan fingerprint density at radius 2 is 1.78 bits per heavy atom. The highest BCUT2D eigenvalue weighted by Gasteiger charge is 2.40. The van der Waals surface area contributed by atoms with Gasteiger partial charge in [0.1, 0.15) is 5.75 Å². The van der Waals surface area contributed by atoms with E-state index in [4.69, 9.17) is 9.47 Å². The molecule has 2 saturated heterocycles. The summed E-state index contributed by atoms with van der Waals surface area (Å²) in [6.45, 7) is 9.39. The minimum Gasteiger partial charge on any atom is -0.491 e. The van der Waals surface area contributed by atoms with E-state index in [0.29, 0.717) is 26.3 Å². The summed E-state index contributed by atoms with van der Waals surface area (Å²) in [5.74, 6) is 0.963. The van der Waals surface area contributed by atoms with E-state index in [1.807, 2.05) is 36.9 Å². The number of benzene rings is 3. The van der Waals surface area contributed by atoms with E-state index >= 15 is 0 Å². The number of hydrogen-bond donors (Lipinski definition) is 1. The van der Waals surface area contributed by atoms with Gasteiger partial charge in [-0.05, 0) is 60.7 Å². The zero-order valence-corrected chi connectivity index (χ0v) is 21.4. The van der Waals surface area contributed by atoms with Crippen LogP contribution < -0.4 is 10.1 Å². The molecule has 0 saturated carbocycles. The van der Waals surface area contributed by atoms with Crippen molar-refractivity contribution in [2.45, 2.75) is 38.8 Å². The molecule has 0 aliphatic carbocycles. The van der Waals surface area contributed by atoms with Crippen LogP contribution in [0.4, 0.5) is 0 Å². The number of carbonyl (C=O) groups is 1. The number of amides is 1. The molecule has 188 valence electrons. The summed E-state index contributed by atoms with van der Waals surface area (Å²) in [5.41, 5.74) is 5.91. The van der Waals surface area contributed by atoms with Gasteiger partial charge in [-0.25, -0.2) is 0 Å². The van der Waals surface area contributed by atoms with E-state index < -0.39 is 0 Å². The third-order valence-electron chi connectivity index (χ3n) is 7.36. The Kier molecular flexibility index (Phi) is 7.40. The van der Waals surface area contributed by atoms with Crippen LogP contribution in [0.3, 0.4) is 0 Å². The molecule has 0 bridgehead atoms. The standard InChI is InChI=1S/C31H36N2O3/c1-21(2)36-24-13-14-26(25-12-8-7-9-22(25)3)27(17-24)28-18-32-19-29(28)31(34)33-15-16-35-20-30(33)23-10-5-4-6-11-23/h4-14,17,21,28-30,32H,15-16,18-20H2,1-3H3/t28-,29+,30+/m0/s1. The average molecular weight is 485 g/mol. The van der Waals surface area contributed by atoms with Crippen LogP contribution in [0.1, 0.15) is 42.5 Å². The van der Waals surface area contributed by atoms with E-state index in [-0.39, 0.29) is 29.9 Å². The normalized spacial score (nSPS) is 22.1. The Morgan fingerprint density at radius 3 is 2.56 bits per heavy atom. The van der Waals surface area contributed by atoms with Crippen molar-refractivity contribution in [2.75, 3.05) is 32.8 Å². The zero-order valence-electron chi connectivity index (χ0n) is 21.4. The van der Waals surface area contributed by atoms with Gasteiger partial charge in [-0.1, -0.05) is 60.7 Å². The second-order valence-corrected chi connectivity index (χ2v) is 10.1. The van der Waals surface area contributed by atoms with Crippen LogP contribution >= 0.6 is 0 Å². The summed E-state index contributed by atoms with van der Waals surface area (Å²) in [7, 11) is 0. The molecule has 3 aromatic carbocycles. The molecule has 0 spiro atoms. The zero-order chi connectivity index (χ0) is 25.1. The quantitative estimate of drug-likeness (QED) is 0.512. The molecule has 2 fully saturated rings. The van der Waals surface area contributed by atoms with Crippen molar-refractivity contribution >= 4 is 5.91 Å². The lowest BCUT2D eigenvalue weighted by Crippen LogP contribution is -2.47. The van der Waals surface area contributed by atoms with Crippen LogP contribution in [0, 0.1) is 12.8 Å². The maximum absolute atomic E-state index is 14.1. The Morgan fingerprint density at radius 1 is 1.00 bits per heavy atom. The van der Waals surface area contributed by atoms with Crippen LogP contribution in [0.15, 0.2) is 72.8 Å². The highest BCUT2D eigenvalue weighted by Crippen LogP contribution is 2.40. The third-order valence-corrected chi connectivity index (χ3v) is 7.36. The largest absolute Gasteiger partial charge is 0.491 e. The molecule has 5 nitrogen and oxygen atoms in total. The number of aryl methyl sites for hydroxylation is 1. The molecule has 2 aliphatic rings. The lowest BCUT2D eigenvalue weighted by molar-refractivity contribution is -0.144. The fraction of sp³-hybridized carbons (Fsp3) is 0.387. The van der Waals surface area contributed by atoms with Crippen molar-refractivity contribution < 1.29 is 14.3 Å². The van der Waals surface area contributed by atoms with E-state index in [0.717, 1.165) is 17.9 Å². The molecular weight excluding hydrogens is 448 g/mol. The van der Waals surface area contributed by atoms with Crippen molar-refractivity contribution in [1.29, 1.82) is 0 Å². The van der Waals surface area contributed by atoms with Crippen molar-refractivity contribution in [3.63, 3.8) is 0 Å².